The number of aromatic nitrogens is 3. The van der Waals surface area contributed by atoms with Gasteiger partial charge in [-0.3, -0.25) is 15.1 Å². The Morgan fingerprint density at radius 2 is 1.91 bits per heavy atom. The number of hydrogen-bond donors (Lipinski definition) is 1. The van der Waals surface area contributed by atoms with Gasteiger partial charge in [-0.05, 0) is 48.9 Å². The summed E-state index contributed by atoms with van der Waals surface area (Å²) in [5.41, 5.74) is 5.89. The zero-order chi connectivity index (χ0) is 23.7. The summed E-state index contributed by atoms with van der Waals surface area (Å²) in [4.78, 5) is 26.6. The number of methoxy groups -OCH3 is 1. The number of fused-ring (bicyclic) bond motifs is 1. The number of amides is 1. The summed E-state index contributed by atoms with van der Waals surface area (Å²) in [6, 6.07) is 15.0. The van der Waals surface area contributed by atoms with Crippen molar-refractivity contribution in [2.75, 3.05) is 12.4 Å². The molecule has 5 aromatic rings. The third kappa shape index (κ3) is 4.40. The van der Waals surface area contributed by atoms with E-state index in [9.17, 15) is 4.79 Å². The number of thiazole rings is 2. The van der Waals surface area contributed by atoms with Crippen LogP contribution >= 0.6 is 34.3 Å². The molecule has 1 amide bonds. The molecule has 9 heteroatoms. The van der Waals surface area contributed by atoms with E-state index in [0.29, 0.717) is 27.8 Å². The van der Waals surface area contributed by atoms with E-state index in [4.69, 9.17) is 21.3 Å². The molecule has 2 aromatic carbocycles. The predicted octanol–water partition coefficient (Wildman–Crippen LogP) is 6.79. The highest BCUT2D eigenvalue weighted by Gasteiger charge is 2.18. The predicted molar refractivity (Wildman–Crippen MR) is 139 cm³/mol. The lowest BCUT2D eigenvalue weighted by atomic mass is 10.1. The van der Waals surface area contributed by atoms with Crippen molar-refractivity contribution in [1.82, 2.24) is 15.0 Å². The van der Waals surface area contributed by atoms with Gasteiger partial charge in [0.15, 0.2) is 5.13 Å². The Morgan fingerprint density at radius 1 is 1.09 bits per heavy atom. The fourth-order valence-electron chi connectivity index (χ4n) is 3.44. The largest absolute Gasteiger partial charge is 0.494 e. The van der Waals surface area contributed by atoms with Gasteiger partial charge in [0.2, 0.25) is 0 Å². The van der Waals surface area contributed by atoms with Gasteiger partial charge in [0.1, 0.15) is 16.3 Å². The van der Waals surface area contributed by atoms with Crippen LogP contribution in [-0.4, -0.2) is 28.0 Å². The van der Waals surface area contributed by atoms with Crippen molar-refractivity contribution in [3.63, 3.8) is 0 Å². The summed E-state index contributed by atoms with van der Waals surface area (Å²) >= 11 is 8.80. The monoisotopic (exact) mass is 506 g/mol. The van der Waals surface area contributed by atoms with Gasteiger partial charge in [-0.1, -0.05) is 23.5 Å². The maximum absolute atomic E-state index is 12.8. The molecule has 0 bridgehead atoms. The third-order valence-corrected chi connectivity index (χ3v) is 7.46. The van der Waals surface area contributed by atoms with Crippen molar-refractivity contribution in [2.45, 2.75) is 12.8 Å². The fourth-order valence-corrected chi connectivity index (χ4v) is 5.43. The first-order chi connectivity index (χ1) is 16.6. The standard InChI is InChI=1S/C25H19ClN4O2S2/c1-14-3-6-17(12-27-14)24-28-19(13-33-24)18-9-10-20(32-2)21-22(18)34-25(29-21)30-23(31)16-7-4-15(11-26)5-8-16/h3-10,12-13H,11H2,1-2H3,(H,29,30,31). The number of aryl methyl sites for hydroxylation is 1. The van der Waals surface area contributed by atoms with Crippen LogP contribution in [0.15, 0.2) is 60.1 Å². The number of alkyl halides is 1. The number of rotatable bonds is 6. The molecule has 6 nitrogen and oxygen atoms in total. The molecule has 5 rings (SSSR count). The van der Waals surface area contributed by atoms with Crippen molar-refractivity contribution in [3.05, 3.63) is 76.9 Å². The fraction of sp³-hybridized carbons (Fsp3) is 0.120. The molecule has 0 aliphatic heterocycles. The number of carbonyl (C=O) groups excluding carboxylic acids is 1. The van der Waals surface area contributed by atoms with Crippen LogP contribution in [-0.2, 0) is 5.88 Å². The maximum atomic E-state index is 12.8. The number of pyridine rings is 1. The average molecular weight is 507 g/mol. The van der Waals surface area contributed by atoms with Crippen LogP contribution in [0.5, 0.6) is 5.75 Å². The van der Waals surface area contributed by atoms with Gasteiger partial charge in [-0.2, -0.15) is 0 Å². The maximum Gasteiger partial charge on any atom is 0.257 e. The minimum atomic E-state index is -0.233. The number of benzene rings is 2. The average Bonchev–Trinajstić information content (AvgIpc) is 3.51. The van der Waals surface area contributed by atoms with Gasteiger partial charge in [-0.25, -0.2) is 9.97 Å². The summed E-state index contributed by atoms with van der Waals surface area (Å²) in [5.74, 6) is 0.810. The molecule has 0 unspecified atom stereocenters. The van der Waals surface area contributed by atoms with Crippen LogP contribution in [0.2, 0.25) is 0 Å². The van der Waals surface area contributed by atoms with Crippen LogP contribution in [0.4, 0.5) is 5.13 Å². The zero-order valence-electron chi connectivity index (χ0n) is 18.3. The molecular formula is C25H19ClN4O2S2. The molecule has 0 aliphatic carbocycles. The Bertz CT molecular complexity index is 1480. The lowest BCUT2D eigenvalue weighted by molar-refractivity contribution is 0.102. The quantitative estimate of drug-likeness (QED) is 0.256. The second-order valence-corrected chi connectivity index (χ2v) is 9.65. The summed E-state index contributed by atoms with van der Waals surface area (Å²) in [5, 5.41) is 6.31. The number of halogens is 1. The Kier molecular flexibility index (Phi) is 6.28. The van der Waals surface area contributed by atoms with E-state index in [2.05, 4.69) is 15.3 Å². The van der Waals surface area contributed by atoms with Gasteiger partial charge in [0, 0.05) is 39.8 Å². The molecule has 3 heterocycles. The topological polar surface area (TPSA) is 77.0 Å². The second kappa shape index (κ2) is 9.50. The normalized spacial score (nSPS) is 11.0. The summed E-state index contributed by atoms with van der Waals surface area (Å²) in [6.45, 7) is 1.96. The highest BCUT2D eigenvalue weighted by molar-refractivity contribution is 7.23. The van der Waals surface area contributed by atoms with E-state index in [0.717, 1.165) is 37.8 Å². The number of nitrogens with one attached hydrogen (secondary N) is 1. The molecule has 0 radical (unpaired) electrons. The minimum absolute atomic E-state index is 0.233. The number of carbonyl (C=O) groups is 1. The first kappa shape index (κ1) is 22.5. The first-order valence-electron chi connectivity index (χ1n) is 10.4. The van der Waals surface area contributed by atoms with Crippen molar-refractivity contribution >= 4 is 55.5 Å². The van der Waals surface area contributed by atoms with Gasteiger partial charge >= 0.3 is 0 Å². The second-order valence-electron chi connectivity index (χ2n) is 7.52. The van der Waals surface area contributed by atoms with E-state index in [-0.39, 0.29) is 5.91 Å². The van der Waals surface area contributed by atoms with Crippen LogP contribution in [0.1, 0.15) is 21.6 Å². The van der Waals surface area contributed by atoms with E-state index in [1.165, 1.54) is 11.3 Å². The summed E-state index contributed by atoms with van der Waals surface area (Å²) in [6.07, 6.45) is 1.83. The van der Waals surface area contributed by atoms with Gasteiger partial charge in [-0.15, -0.1) is 22.9 Å². The summed E-state index contributed by atoms with van der Waals surface area (Å²) < 4.78 is 6.42. The minimum Gasteiger partial charge on any atom is -0.494 e. The van der Waals surface area contributed by atoms with Crippen LogP contribution < -0.4 is 10.1 Å². The van der Waals surface area contributed by atoms with Crippen molar-refractivity contribution in [2.24, 2.45) is 0 Å². The highest BCUT2D eigenvalue weighted by atomic mass is 35.5. The Labute approximate surface area is 209 Å². The molecule has 0 fully saturated rings. The number of hydrogen-bond acceptors (Lipinski definition) is 7. The van der Waals surface area contributed by atoms with E-state index in [1.54, 1.807) is 30.6 Å². The van der Waals surface area contributed by atoms with Gasteiger partial charge in [0.05, 0.1) is 17.5 Å². The molecule has 170 valence electrons. The van der Waals surface area contributed by atoms with Crippen LogP contribution in [0.25, 0.3) is 32.0 Å². The number of nitrogens with zero attached hydrogens (tertiary/aromatic N) is 3. The Morgan fingerprint density at radius 3 is 2.62 bits per heavy atom. The SMILES string of the molecule is COc1ccc(-c2csc(-c3ccc(C)nc3)n2)c2sc(NC(=O)c3ccc(CCl)cc3)nc12. The smallest absolute Gasteiger partial charge is 0.257 e. The van der Waals surface area contributed by atoms with E-state index >= 15 is 0 Å². The van der Waals surface area contributed by atoms with Crippen LogP contribution in [0.3, 0.4) is 0 Å². The van der Waals surface area contributed by atoms with E-state index < -0.39 is 0 Å². The molecule has 34 heavy (non-hydrogen) atoms. The molecule has 0 spiro atoms. The lowest BCUT2D eigenvalue weighted by Crippen LogP contribution is -2.11. The number of anilines is 1. The zero-order valence-corrected chi connectivity index (χ0v) is 20.7. The van der Waals surface area contributed by atoms with Crippen LogP contribution in [0, 0.1) is 6.92 Å². The van der Waals surface area contributed by atoms with Crippen molar-refractivity contribution in [3.8, 4) is 27.6 Å². The first-order valence-corrected chi connectivity index (χ1v) is 12.6. The molecule has 1 N–H and O–H groups in total. The van der Waals surface area contributed by atoms with Crippen molar-refractivity contribution in [1.29, 1.82) is 0 Å². The van der Waals surface area contributed by atoms with Gasteiger partial charge < -0.3 is 4.74 Å². The van der Waals surface area contributed by atoms with E-state index in [1.807, 2.05) is 54.9 Å². The van der Waals surface area contributed by atoms with Gasteiger partial charge in [0.25, 0.3) is 5.91 Å². The highest BCUT2D eigenvalue weighted by Crippen LogP contribution is 2.40. The summed E-state index contributed by atoms with van der Waals surface area (Å²) in [7, 11) is 1.61. The number of ether oxygens (including phenoxy) is 1. The lowest BCUT2D eigenvalue weighted by Gasteiger charge is -2.03. The Hall–Kier alpha value is -3.33. The molecule has 0 aliphatic rings. The Balaban J connectivity index is 1.49. The molecule has 0 atom stereocenters. The third-order valence-electron chi connectivity index (χ3n) is 5.26. The van der Waals surface area contributed by atoms with Crippen molar-refractivity contribution < 1.29 is 9.53 Å². The molecule has 0 saturated heterocycles. The molecular weight excluding hydrogens is 488 g/mol. The molecule has 0 saturated carbocycles. The molecule has 3 aromatic heterocycles.